The molecule has 4 rings (SSSR count). The Balaban J connectivity index is 1.62. The smallest absolute Gasteiger partial charge is 0.412 e. The molecule has 1 amide bonds. The van der Waals surface area contributed by atoms with Gasteiger partial charge >= 0.3 is 6.09 Å². The van der Waals surface area contributed by atoms with Gasteiger partial charge in [0.25, 0.3) is 0 Å². The van der Waals surface area contributed by atoms with Crippen LogP contribution in [0.4, 0.5) is 19.3 Å². The summed E-state index contributed by atoms with van der Waals surface area (Å²) >= 11 is 0. The van der Waals surface area contributed by atoms with Crippen LogP contribution in [0.1, 0.15) is 50.4 Å². The summed E-state index contributed by atoms with van der Waals surface area (Å²) in [6, 6.07) is 15.8. The van der Waals surface area contributed by atoms with Crippen LogP contribution in [0.3, 0.4) is 0 Å². The number of ether oxygens (including phenoxy) is 2. The molecular weight excluding hydrogens is 518 g/mol. The minimum absolute atomic E-state index is 0.00691. The van der Waals surface area contributed by atoms with Gasteiger partial charge in [0.05, 0.1) is 36.5 Å². The van der Waals surface area contributed by atoms with Gasteiger partial charge in [0.1, 0.15) is 17.4 Å². The number of benzene rings is 3. The van der Waals surface area contributed by atoms with Crippen LogP contribution in [-0.2, 0) is 16.8 Å². The topological polar surface area (TPSA) is 91.3 Å². The minimum Gasteiger partial charge on any atom is -0.491 e. The van der Waals surface area contributed by atoms with Crippen LogP contribution in [0.25, 0.3) is 0 Å². The molecule has 0 saturated carbocycles. The number of nitrogens with zero attached hydrogens (tertiary/aromatic N) is 1. The predicted octanol–water partition coefficient (Wildman–Crippen LogP) is 5.80. The van der Waals surface area contributed by atoms with Crippen molar-refractivity contribution >= 4 is 11.8 Å². The molecule has 3 aromatic rings. The lowest BCUT2D eigenvalue weighted by Crippen LogP contribution is -2.52. The normalized spacial score (nSPS) is 17.6. The Morgan fingerprint density at radius 2 is 1.77 bits per heavy atom. The quantitative estimate of drug-likeness (QED) is 0.293. The van der Waals surface area contributed by atoms with E-state index in [2.05, 4.69) is 5.32 Å². The van der Waals surface area contributed by atoms with Crippen molar-refractivity contribution in [1.29, 1.82) is 0 Å². The van der Waals surface area contributed by atoms with Crippen LogP contribution < -0.4 is 15.0 Å². The SMILES string of the molecule is CC(C)Oc1ccc2c(c1)C(NC[C@@H](O)[C@@H](Cc1cc(F)cc(F)c1)N(C(=O)O)c1ccccc1)COC2(C)C. The predicted molar refractivity (Wildman–Crippen MR) is 149 cm³/mol. The zero-order valence-electron chi connectivity index (χ0n) is 23.1. The number of fused-ring (bicyclic) bond motifs is 1. The third kappa shape index (κ3) is 6.96. The van der Waals surface area contributed by atoms with E-state index in [1.54, 1.807) is 30.3 Å². The molecule has 7 nitrogen and oxygen atoms in total. The van der Waals surface area contributed by atoms with Crippen molar-refractivity contribution in [3.63, 3.8) is 0 Å². The number of para-hydroxylation sites is 1. The van der Waals surface area contributed by atoms with Crippen LogP contribution in [0.5, 0.6) is 5.75 Å². The minimum atomic E-state index is -1.30. The lowest BCUT2D eigenvalue weighted by molar-refractivity contribution is -0.0486. The van der Waals surface area contributed by atoms with E-state index in [1.807, 2.05) is 45.9 Å². The highest BCUT2D eigenvalue weighted by Gasteiger charge is 2.36. The van der Waals surface area contributed by atoms with Crippen LogP contribution in [-0.4, -0.2) is 47.7 Å². The molecular formula is C31H36F2N2O5. The first-order valence-corrected chi connectivity index (χ1v) is 13.3. The summed E-state index contributed by atoms with van der Waals surface area (Å²) in [5, 5.41) is 24.9. The van der Waals surface area contributed by atoms with Gasteiger partial charge in [-0.1, -0.05) is 24.3 Å². The second-order valence-electron chi connectivity index (χ2n) is 10.8. The van der Waals surface area contributed by atoms with E-state index < -0.39 is 35.5 Å². The monoisotopic (exact) mass is 554 g/mol. The summed E-state index contributed by atoms with van der Waals surface area (Å²) in [6.45, 7) is 8.17. The number of anilines is 1. The third-order valence-electron chi connectivity index (χ3n) is 6.99. The fourth-order valence-electron chi connectivity index (χ4n) is 5.15. The van der Waals surface area contributed by atoms with E-state index in [-0.39, 0.29) is 30.7 Å². The van der Waals surface area contributed by atoms with Gasteiger partial charge in [-0.2, -0.15) is 0 Å². The highest BCUT2D eigenvalue weighted by atomic mass is 19.1. The maximum absolute atomic E-state index is 14.0. The number of halogens is 2. The van der Waals surface area contributed by atoms with Crippen molar-refractivity contribution < 1.29 is 33.3 Å². The molecule has 0 fully saturated rings. The highest BCUT2D eigenvalue weighted by molar-refractivity contribution is 5.87. The number of carbonyl (C=O) groups is 1. The molecule has 9 heteroatoms. The number of aliphatic hydroxyl groups excluding tert-OH is 1. The molecule has 3 aromatic carbocycles. The Morgan fingerprint density at radius 3 is 2.40 bits per heavy atom. The molecule has 40 heavy (non-hydrogen) atoms. The first-order valence-electron chi connectivity index (χ1n) is 13.3. The lowest BCUT2D eigenvalue weighted by atomic mass is 9.86. The van der Waals surface area contributed by atoms with E-state index in [1.165, 1.54) is 0 Å². The lowest BCUT2D eigenvalue weighted by Gasteiger charge is -2.39. The summed E-state index contributed by atoms with van der Waals surface area (Å²) in [7, 11) is 0. The zero-order chi connectivity index (χ0) is 29.0. The van der Waals surface area contributed by atoms with Gasteiger partial charge in [0, 0.05) is 18.3 Å². The average Bonchev–Trinajstić information content (AvgIpc) is 2.87. The molecule has 1 unspecified atom stereocenters. The number of hydrogen-bond acceptors (Lipinski definition) is 5. The molecule has 214 valence electrons. The van der Waals surface area contributed by atoms with Crippen LogP contribution in [0.2, 0.25) is 0 Å². The van der Waals surface area contributed by atoms with Crippen molar-refractivity contribution in [3.05, 3.63) is 95.1 Å². The number of rotatable bonds is 10. The molecule has 0 spiro atoms. The molecule has 0 radical (unpaired) electrons. The fraction of sp³-hybridized carbons (Fsp3) is 0.387. The first kappa shape index (κ1) is 29.5. The van der Waals surface area contributed by atoms with Crippen LogP contribution in [0.15, 0.2) is 66.7 Å². The van der Waals surface area contributed by atoms with E-state index in [0.29, 0.717) is 18.0 Å². The molecule has 1 heterocycles. The second-order valence-corrected chi connectivity index (χ2v) is 10.8. The largest absolute Gasteiger partial charge is 0.491 e. The molecule has 0 aliphatic carbocycles. The van der Waals surface area contributed by atoms with Crippen molar-refractivity contribution in [3.8, 4) is 5.75 Å². The Bertz CT molecular complexity index is 1300. The number of carboxylic acid groups (broad SMARTS) is 1. The van der Waals surface area contributed by atoms with Crippen molar-refractivity contribution in [1.82, 2.24) is 5.32 Å². The van der Waals surface area contributed by atoms with Gasteiger partial charge in [0.15, 0.2) is 0 Å². The Kier molecular flexibility index (Phi) is 9.08. The maximum atomic E-state index is 14.0. The molecule has 3 N–H and O–H groups in total. The van der Waals surface area contributed by atoms with Gasteiger partial charge in [-0.3, -0.25) is 4.90 Å². The number of amides is 1. The zero-order valence-corrected chi connectivity index (χ0v) is 23.1. The maximum Gasteiger partial charge on any atom is 0.412 e. The van der Waals surface area contributed by atoms with Crippen molar-refractivity contribution in [2.75, 3.05) is 18.1 Å². The second kappa shape index (κ2) is 12.3. The summed E-state index contributed by atoms with van der Waals surface area (Å²) in [6.07, 6.45) is -2.66. The number of aliphatic hydroxyl groups is 1. The van der Waals surface area contributed by atoms with Gasteiger partial charge in [0.2, 0.25) is 0 Å². The fourth-order valence-corrected chi connectivity index (χ4v) is 5.15. The van der Waals surface area contributed by atoms with Gasteiger partial charge in [-0.05, 0) is 87.2 Å². The van der Waals surface area contributed by atoms with Crippen LogP contribution in [0, 0.1) is 11.6 Å². The molecule has 0 aromatic heterocycles. The summed E-state index contributed by atoms with van der Waals surface area (Å²) < 4.78 is 40.0. The van der Waals surface area contributed by atoms with E-state index >= 15 is 0 Å². The number of hydrogen-bond donors (Lipinski definition) is 3. The first-order chi connectivity index (χ1) is 18.9. The van der Waals surface area contributed by atoms with E-state index in [4.69, 9.17) is 9.47 Å². The number of nitrogens with one attached hydrogen (secondary N) is 1. The molecule has 1 aliphatic heterocycles. The van der Waals surface area contributed by atoms with Crippen molar-refractivity contribution in [2.24, 2.45) is 0 Å². The summed E-state index contributed by atoms with van der Waals surface area (Å²) in [5.41, 5.74) is 1.97. The third-order valence-corrected chi connectivity index (χ3v) is 6.99. The molecule has 0 saturated heterocycles. The average molecular weight is 555 g/mol. The van der Waals surface area contributed by atoms with Crippen molar-refractivity contribution in [2.45, 2.75) is 64.0 Å². The molecule has 3 atom stereocenters. The van der Waals surface area contributed by atoms with E-state index in [9.17, 15) is 23.8 Å². The summed E-state index contributed by atoms with van der Waals surface area (Å²) in [5.74, 6) is -0.840. The highest BCUT2D eigenvalue weighted by Crippen LogP contribution is 2.39. The van der Waals surface area contributed by atoms with E-state index in [0.717, 1.165) is 34.2 Å². The molecule has 1 aliphatic rings. The van der Waals surface area contributed by atoms with Crippen LogP contribution >= 0.6 is 0 Å². The summed E-state index contributed by atoms with van der Waals surface area (Å²) in [4.78, 5) is 13.5. The van der Waals surface area contributed by atoms with Gasteiger partial charge < -0.3 is 25.0 Å². The Morgan fingerprint density at radius 1 is 1.10 bits per heavy atom. The standard InChI is InChI=1S/C31H36F2N2O5/c1-19(2)40-24-10-11-26-25(16-24)27(18-39-31(26,3)4)34-17-29(36)28(14-20-12-21(32)15-22(33)13-20)35(30(37)38)23-8-6-5-7-9-23/h5-13,15-16,19,27-29,34,36H,14,17-18H2,1-4H3,(H,37,38)/t27?,28-,29-/m1/s1. The Labute approximate surface area is 233 Å². The van der Waals surface area contributed by atoms with Gasteiger partial charge in [-0.25, -0.2) is 13.6 Å². The Hall–Kier alpha value is -3.53. The molecule has 0 bridgehead atoms. The van der Waals surface area contributed by atoms with Gasteiger partial charge in [-0.15, -0.1) is 0 Å².